The SMILES string of the molecule is CC(C)=CCC/C(C)=C/CNCCNCC12CC3CC(C1)CC(CNCCNC/C=C(\C)CCC=C(C)C)(C3)C2. The summed E-state index contributed by atoms with van der Waals surface area (Å²) in [6.45, 7) is 22.0. The summed E-state index contributed by atoms with van der Waals surface area (Å²) in [6.07, 6.45) is 22.9. The molecule has 40 heavy (non-hydrogen) atoms. The quantitative estimate of drug-likeness (QED) is 0.0944. The van der Waals surface area contributed by atoms with Crippen LogP contribution in [0.25, 0.3) is 0 Å². The zero-order valence-corrected chi connectivity index (χ0v) is 27.2. The van der Waals surface area contributed by atoms with Crippen molar-refractivity contribution in [3.05, 3.63) is 46.6 Å². The van der Waals surface area contributed by atoms with Crippen LogP contribution in [0.1, 0.15) is 106 Å². The van der Waals surface area contributed by atoms with Crippen LogP contribution >= 0.6 is 0 Å². The van der Waals surface area contributed by atoms with E-state index in [0.717, 1.165) is 51.1 Å². The van der Waals surface area contributed by atoms with Crippen molar-refractivity contribution in [3.8, 4) is 0 Å². The van der Waals surface area contributed by atoms with E-state index in [1.54, 1.807) is 0 Å². The van der Waals surface area contributed by atoms with Gasteiger partial charge in [0.2, 0.25) is 0 Å². The molecule has 228 valence electrons. The maximum Gasteiger partial charge on any atom is 0.0137 e. The third kappa shape index (κ3) is 12.0. The lowest BCUT2D eigenvalue weighted by Crippen LogP contribution is -2.58. The Morgan fingerprint density at radius 1 is 0.575 bits per heavy atom. The first-order valence-corrected chi connectivity index (χ1v) is 16.6. The van der Waals surface area contributed by atoms with Crippen molar-refractivity contribution < 1.29 is 0 Å². The Kier molecular flexibility index (Phi) is 14.2. The molecule has 4 saturated carbocycles. The minimum Gasteiger partial charge on any atom is -0.315 e. The molecule has 4 fully saturated rings. The first-order valence-electron chi connectivity index (χ1n) is 16.6. The normalized spacial score (nSPS) is 27.8. The molecule has 0 heterocycles. The van der Waals surface area contributed by atoms with E-state index < -0.39 is 0 Å². The van der Waals surface area contributed by atoms with Gasteiger partial charge in [-0.15, -0.1) is 0 Å². The molecule has 4 nitrogen and oxygen atoms in total. The van der Waals surface area contributed by atoms with Gasteiger partial charge in [-0.05, 0) is 128 Å². The second-order valence-corrected chi connectivity index (χ2v) is 14.5. The smallest absolute Gasteiger partial charge is 0.0137 e. The third-order valence-electron chi connectivity index (χ3n) is 9.63. The average Bonchev–Trinajstić information content (AvgIpc) is 2.86. The number of nitrogens with one attached hydrogen (secondary N) is 4. The molecule has 0 aromatic heterocycles. The molecule has 0 amide bonds. The molecule has 4 rings (SSSR count). The molecule has 0 radical (unpaired) electrons. The highest BCUT2D eigenvalue weighted by Crippen LogP contribution is 2.64. The number of allylic oxidation sites excluding steroid dienone is 6. The van der Waals surface area contributed by atoms with E-state index >= 15 is 0 Å². The molecule has 4 bridgehead atoms. The zero-order valence-electron chi connectivity index (χ0n) is 27.2. The van der Waals surface area contributed by atoms with E-state index in [2.05, 4.69) is 87.1 Å². The Labute approximate surface area is 248 Å². The van der Waals surface area contributed by atoms with Crippen molar-refractivity contribution in [1.82, 2.24) is 21.3 Å². The van der Waals surface area contributed by atoms with E-state index in [1.807, 2.05) is 0 Å². The molecule has 4 aliphatic rings. The van der Waals surface area contributed by atoms with Crippen molar-refractivity contribution >= 4 is 0 Å². The number of hydrogen-bond acceptors (Lipinski definition) is 4. The molecular weight excluding hydrogens is 488 g/mol. The third-order valence-corrected chi connectivity index (χ3v) is 9.63. The summed E-state index contributed by atoms with van der Waals surface area (Å²) in [5.41, 5.74) is 6.95. The summed E-state index contributed by atoms with van der Waals surface area (Å²) in [5, 5.41) is 15.0. The highest BCUT2D eigenvalue weighted by Gasteiger charge is 2.56. The van der Waals surface area contributed by atoms with E-state index in [4.69, 9.17) is 0 Å². The predicted molar refractivity (Wildman–Crippen MR) is 176 cm³/mol. The average molecular weight is 553 g/mol. The molecule has 0 unspecified atom stereocenters. The summed E-state index contributed by atoms with van der Waals surface area (Å²) in [7, 11) is 0. The Morgan fingerprint density at radius 2 is 0.975 bits per heavy atom. The van der Waals surface area contributed by atoms with E-state index in [9.17, 15) is 0 Å². The molecule has 4 heteroatoms. The summed E-state index contributed by atoms with van der Waals surface area (Å²) in [5.74, 6) is 1.94. The fraction of sp³-hybridized carbons (Fsp3) is 0.778. The fourth-order valence-electron chi connectivity index (χ4n) is 8.20. The van der Waals surface area contributed by atoms with E-state index in [-0.39, 0.29) is 0 Å². The lowest BCUT2D eigenvalue weighted by atomic mass is 9.44. The number of hydrogen-bond donors (Lipinski definition) is 4. The fourth-order valence-corrected chi connectivity index (χ4v) is 8.20. The van der Waals surface area contributed by atoms with Crippen LogP contribution in [0.5, 0.6) is 0 Å². The maximum atomic E-state index is 3.88. The first-order chi connectivity index (χ1) is 19.2. The lowest BCUT2D eigenvalue weighted by Gasteiger charge is -2.62. The van der Waals surface area contributed by atoms with Crippen LogP contribution in [-0.2, 0) is 0 Å². The Balaban J connectivity index is 1.30. The standard InChI is InChI=1S/C36H64N4/c1-29(2)9-7-11-31(5)13-15-37-17-19-39-27-35-22-33-21-34(23-35)25-36(24-33,26-35)28-40-20-18-38-16-14-32(6)12-8-10-30(3)4/h9-10,13-14,33-34,37-40H,7-8,11-12,15-28H2,1-6H3/b31-13+,32-14+. The van der Waals surface area contributed by atoms with Crippen LogP contribution < -0.4 is 21.3 Å². The summed E-state index contributed by atoms with van der Waals surface area (Å²) in [4.78, 5) is 0. The van der Waals surface area contributed by atoms with Gasteiger partial charge in [0, 0.05) is 52.4 Å². The largest absolute Gasteiger partial charge is 0.315 e. The van der Waals surface area contributed by atoms with Gasteiger partial charge in [0.05, 0.1) is 0 Å². The minimum absolute atomic E-state index is 0.555. The van der Waals surface area contributed by atoms with Crippen LogP contribution in [0.15, 0.2) is 46.6 Å². The van der Waals surface area contributed by atoms with Crippen molar-refractivity contribution in [2.24, 2.45) is 22.7 Å². The van der Waals surface area contributed by atoms with Gasteiger partial charge in [-0.2, -0.15) is 0 Å². The molecule has 0 aromatic rings. The van der Waals surface area contributed by atoms with Crippen LogP contribution in [0.2, 0.25) is 0 Å². The molecule has 4 aliphatic carbocycles. The first kappa shape index (κ1) is 33.3. The second kappa shape index (κ2) is 17.0. The van der Waals surface area contributed by atoms with Gasteiger partial charge >= 0.3 is 0 Å². The van der Waals surface area contributed by atoms with Gasteiger partial charge in [0.15, 0.2) is 0 Å². The Morgan fingerprint density at radius 3 is 1.38 bits per heavy atom. The van der Waals surface area contributed by atoms with Crippen molar-refractivity contribution in [3.63, 3.8) is 0 Å². The monoisotopic (exact) mass is 553 g/mol. The molecule has 0 atom stereocenters. The Hall–Kier alpha value is -1.20. The van der Waals surface area contributed by atoms with Gasteiger partial charge in [-0.1, -0.05) is 46.6 Å². The zero-order chi connectivity index (χ0) is 28.8. The molecule has 0 spiro atoms. The lowest BCUT2D eigenvalue weighted by molar-refractivity contribution is -0.107. The molecule has 4 N–H and O–H groups in total. The topological polar surface area (TPSA) is 48.1 Å². The second-order valence-electron chi connectivity index (χ2n) is 14.5. The van der Waals surface area contributed by atoms with Gasteiger partial charge in [-0.25, -0.2) is 0 Å². The molecular formula is C36H64N4. The van der Waals surface area contributed by atoms with Crippen molar-refractivity contribution in [2.75, 3.05) is 52.4 Å². The highest BCUT2D eigenvalue weighted by atomic mass is 15.0. The van der Waals surface area contributed by atoms with E-state index in [0.29, 0.717) is 10.8 Å². The van der Waals surface area contributed by atoms with Crippen LogP contribution in [0, 0.1) is 22.7 Å². The molecule has 0 aromatic carbocycles. The molecule has 0 saturated heterocycles. The van der Waals surface area contributed by atoms with Crippen LogP contribution in [0.4, 0.5) is 0 Å². The van der Waals surface area contributed by atoms with E-state index in [1.165, 1.54) is 99.6 Å². The van der Waals surface area contributed by atoms with Gasteiger partial charge in [0.1, 0.15) is 0 Å². The van der Waals surface area contributed by atoms with Gasteiger partial charge < -0.3 is 21.3 Å². The van der Waals surface area contributed by atoms with Crippen LogP contribution in [0.3, 0.4) is 0 Å². The van der Waals surface area contributed by atoms with Crippen molar-refractivity contribution in [2.45, 2.75) is 106 Å². The van der Waals surface area contributed by atoms with Gasteiger partial charge in [-0.3, -0.25) is 0 Å². The summed E-state index contributed by atoms with van der Waals surface area (Å²) >= 11 is 0. The highest BCUT2D eigenvalue weighted by molar-refractivity contribution is 5.09. The minimum atomic E-state index is 0.555. The van der Waals surface area contributed by atoms with Gasteiger partial charge in [0.25, 0.3) is 0 Å². The van der Waals surface area contributed by atoms with Crippen LogP contribution in [-0.4, -0.2) is 52.4 Å². The van der Waals surface area contributed by atoms with Crippen molar-refractivity contribution in [1.29, 1.82) is 0 Å². The number of rotatable bonds is 20. The molecule has 0 aliphatic heterocycles. The maximum absolute atomic E-state index is 3.88. The Bertz CT molecular complexity index is 789. The summed E-state index contributed by atoms with van der Waals surface area (Å²) in [6, 6.07) is 0. The summed E-state index contributed by atoms with van der Waals surface area (Å²) < 4.78 is 0. The predicted octanol–water partition coefficient (Wildman–Crippen LogP) is 7.32.